The van der Waals surface area contributed by atoms with Crippen molar-refractivity contribution in [2.45, 2.75) is 45.2 Å². The van der Waals surface area contributed by atoms with Crippen molar-refractivity contribution in [1.82, 2.24) is 20.9 Å². The molecule has 1 aliphatic carbocycles. The lowest BCUT2D eigenvalue weighted by atomic mass is 10.0. The van der Waals surface area contributed by atoms with Gasteiger partial charge in [-0.3, -0.25) is 4.79 Å². The molecule has 1 unspecified atom stereocenters. The first kappa shape index (κ1) is 17.3. The number of H-pyrrole nitrogens is 1. The van der Waals surface area contributed by atoms with Crippen molar-refractivity contribution >= 4 is 22.8 Å². The summed E-state index contributed by atoms with van der Waals surface area (Å²) in [7, 11) is 0. The Kier molecular flexibility index (Phi) is 5.26. The van der Waals surface area contributed by atoms with E-state index in [4.69, 9.17) is 0 Å². The third-order valence-electron chi connectivity index (χ3n) is 4.32. The Bertz CT molecular complexity index is 749. The number of carbonyl (C=O) groups is 2. The van der Waals surface area contributed by atoms with Crippen LogP contribution in [0.25, 0.3) is 10.9 Å². The van der Waals surface area contributed by atoms with Crippen LogP contribution in [0.4, 0.5) is 4.79 Å². The third kappa shape index (κ3) is 4.75. The Labute approximate surface area is 147 Å². The first-order valence-corrected chi connectivity index (χ1v) is 8.92. The van der Waals surface area contributed by atoms with Crippen LogP contribution < -0.4 is 16.0 Å². The van der Waals surface area contributed by atoms with Crippen LogP contribution in [0.5, 0.6) is 0 Å². The Hall–Kier alpha value is -2.50. The molecule has 0 radical (unpaired) electrons. The Morgan fingerprint density at radius 2 is 2.00 bits per heavy atom. The van der Waals surface area contributed by atoms with Crippen LogP contribution in [0.1, 0.15) is 32.3 Å². The molecule has 2 aromatic rings. The minimum Gasteiger partial charge on any atom is -0.361 e. The molecule has 0 saturated heterocycles. The summed E-state index contributed by atoms with van der Waals surface area (Å²) in [5.74, 6) is 0.241. The van der Waals surface area contributed by atoms with Gasteiger partial charge in [0, 0.05) is 36.1 Å². The summed E-state index contributed by atoms with van der Waals surface area (Å²) in [4.78, 5) is 27.9. The van der Waals surface area contributed by atoms with Crippen molar-refractivity contribution in [1.29, 1.82) is 0 Å². The van der Waals surface area contributed by atoms with Gasteiger partial charge >= 0.3 is 6.03 Å². The number of aromatic nitrogens is 1. The third-order valence-corrected chi connectivity index (χ3v) is 4.32. The molecule has 6 nitrogen and oxygen atoms in total. The van der Waals surface area contributed by atoms with E-state index in [1.165, 1.54) is 0 Å². The van der Waals surface area contributed by atoms with E-state index < -0.39 is 6.04 Å². The zero-order valence-electron chi connectivity index (χ0n) is 14.8. The van der Waals surface area contributed by atoms with E-state index in [2.05, 4.69) is 20.9 Å². The van der Waals surface area contributed by atoms with Gasteiger partial charge in [-0.2, -0.15) is 0 Å². The Balaban J connectivity index is 1.71. The highest BCUT2D eigenvalue weighted by molar-refractivity contribution is 5.89. The van der Waals surface area contributed by atoms with Gasteiger partial charge in [-0.15, -0.1) is 0 Å². The first-order valence-electron chi connectivity index (χ1n) is 8.92. The van der Waals surface area contributed by atoms with Crippen LogP contribution in [-0.4, -0.2) is 35.6 Å². The summed E-state index contributed by atoms with van der Waals surface area (Å²) in [6, 6.07) is 7.34. The Morgan fingerprint density at radius 3 is 2.72 bits per heavy atom. The molecule has 6 heteroatoms. The molecule has 1 aromatic heterocycles. The number of nitrogens with one attached hydrogen (secondary N) is 4. The minimum absolute atomic E-state index is 0.118. The highest BCUT2D eigenvalue weighted by Crippen LogP contribution is 2.21. The van der Waals surface area contributed by atoms with Crippen molar-refractivity contribution in [3.8, 4) is 0 Å². The van der Waals surface area contributed by atoms with Gasteiger partial charge in [-0.25, -0.2) is 4.79 Å². The lowest BCUT2D eigenvalue weighted by Crippen LogP contribution is -2.51. The second-order valence-corrected chi connectivity index (χ2v) is 7.15. The van der Waals surface area contributed by atoms with Crippen molar-refractivity contribution in [3.63, 3.8) is 0 Å². The summed E-state index contributed by atoms with van der Waals surface area (Å²) in [5.41, 5.74) is 2.05. The predicted octanol–water partition coefficient (Wildman–Crippen LogP) is 2.31. The van der Waals surface area contributed by atoms with Crippen LogP contribution in [0.2, 0.25) is 0 Å². The van der Waals surface area contributed by atoms with Gasteiger partial charge in [-0.1, -0.05) is 32.0 Å². The second-order valence-electron chi connectivity index (χ2n) is 7.15. The maximum absolute atomic E-state index is 12.6. The van der Waals surface area contributed by atoms with Gasteiger partial charge in [0.05, 0.1) is 0 Å². The van der Waals surface area contributed by atoms with Gasteiger partial charge < -0.3 is 20.9 Å². The van der Waals surface area contributed by atoms with Gasteiger partial charge in [0.2, 0.25) is 5.91 Å². The first-order chi connectivity index (χ1) is 12.0. The highest BCUT2D eigenvalue weighted by atomic mass is 16.2. The van der Waals surface area contributed by atoms with Crippen LogP contribution >= 0.6 is 0 Å². The topological polar surface area (TPSA) is 86.0 Å². The van der Waals surface area contributed by atoms with E-state index in [1.54, 1.807) is 0 Å². The molecular weight excluding hydrogens is 316 g/mol. The van der Waals surface area contributed by atoms with E-state index in [1.807, 2.05) is 44.3 Å². The fourth-order valence-electron chi connectivity index (χ4n) is 2.77. The van der Waals surface area contributed by atoms with Crippen molar-refractivity contribution in [2.24, 2.45) is 5.92 Å². The fourth-order valence-corrected chi connectivity index (χ4v) is 2.77. The molecule has 1 heterocycles. The standard InChI is InChI=1S/C19H26N4O2/c1-12(2)10-21-19(25)23-17(18(24)22-14-7-8-14)9-13-11-20-16-6-4-3-5-15(13)16/h3-6,11-12,14,17,20H,7-10H2,1-2H3,(H,22,24)(H2,21,23,25). The molecule has 0 bridgehead atoms. The van der Waals surface area contributed by atoms with E-state index in [0.717, 1.165) is 29.3 Å². The molecule has 1 aliphatic rings. The second kappa shape index (κ2) is 7.59. The van der Waals surface area contributed by atoms with Crippen molar-refractivity contribution < 1.29 is 9.59 Å². The van der Waals surface area contributed by atoms with E-state index in [0.29, 0.717) is 18.9 Å². The molecule has 4 N–H and O–H groups in total. The SMILES string of the molecule is CC(C)CNC(=O)NC(Cc1c[nH]c2ccccc12)C(=O)NC1CC1. The molecule has 3 amide bonds. The molecule has 3 rings (SSSR count). The molecular formula is C19H26N4O2. The number of para-hydroxylation sites is 1. The molecule has 1 fully saturated rings. The monoisotopic (exact) mass is 342 g/mol. The van der Waals surface area contributed by atoms with E-state index >= 15 is 0 Å². The van der Waals surface area contributed by atoms with E-state index in [9.17, 15) is 9.59 Å². The summed E-state index contributed by atoms with van der Waals surface area (Å²) in [6.45, 7) is 4.64. The van der Waals surface area contributed by atoms with Crippen LogP contribution in [-0.2, 0) is 11.2 Å². The highest BCUT2D eigenvalue weighted by Gasteiger charge is 2.29. The number of hydrogen-bond donors (Lipinski definition) is 4. The van der Waals surface area contributed by atoms with Gasteiger partial charge in [0.1, 0.15) is 6.04 Å². The zero-order chi connectivity index (χ0) is 17.8. The number of rotatable bonds is 7. The number of aromatic amines is 1. The molecule has 134 valence electrons. The maximum Gasteiger partial charge on any atom is 0.315 e. The average molecular weight is 342 g/mol. The Morgan fingerprint density at radius 1 is 1.24 bits per heavy atom. The maximum atomic E-state index is 12.6. The molecule has 1 aromatic carbocycles. The van der Waals surface area contributed by atoms with Gasteiger partial charge in [0.25, 0.3) is 0 Å². The van der Waals surface area contributed by atoms with Crippen molar-refractivity contribution in [2.75, 3.05) is 6.54 Å². The number of benzene rings is 1. The molecule has 25 heavy (non-hydrogen) atoms. The van der Waals surface area contributed by atoms with Crippen LogP contribution in [0.3, 0.4) is 0 Å². The minimum atomic E-state index is -0.591. The summed E-state index contributed by atoms with van der Waals surface area (Å²) < 4.78 is 0. The summed E-state index contributed by atoms with van der Waals surface area (Å²) >= 11 is 0. The predicted molar refractivity (Wildman–Crippen MR) is 98.3 cm³/mol. The molecule has 1 saturated carbocycles. The van der Waals surface area contributed by atoms with Crippen LogP contribution in [0.15, 0.2) is 30.5 Å². The van der Waals surface area contributed by atoms with Gasteiger partial charge in [-0.05, 0) is 30.4 Å². The van der Waals surface area contributed by atoms with Gasteiger partial charge in [0.15, 0.2) is 0 Å². The number of urea groups is 1. The largest absolute Gasteiger partial charge is 0.361 e. The number of fused-ring (bicyclic) bond motifs is 1. The average Bonchev–Trinajstić information content (AvgIpc) is 3.31. The van der Waals surface area contributed by atoms with Crippen molar-refractivity contribution in [3.05, 3.63) is 36.0 Å². The van der Waals surface area contributed by atoms with E-state index in [-0.39, 0.29) is 18.0 Å². The zero-order valence-corrected chi connectivity index (χ0v) is 14.8. The number of carbonyl (C=O) groups excluding carboxylic acids is 2. The molecule has 0 spiro atoms. The smallest absolute Gasteiger partial charge is 0.315 e. The number of hydrogen-bond acceptors (Lipinski definition) is 2. The lowest BCUT2D eigenvalue weighted by Gasteiger charge is -2.19. The summed E-state index contributed by atoms with van der Waals surface area (Å²) in [5, 5.41) is 9.72. The summed E-state index contributed by atoms with van der Waals surface area (Å²) in [6.07, 6.45) is 4.41. The molecule has 0 aliphatic heterocycles. The fraction of sp³-hybridized carbons (Fsp3) is 0.474. The lowest BCUT2D eigenvalue weighted by molar-refractivity contribution is -0.123. The normalized spacial score (nSPS) is 15.2. The van der Waals surface area contributed by atoms with Crippen LogP contribution in [0, 0.1) is 5.92 Å². The quantitative estimate of drug-likeness (QED) is 0.622. The number of amides is 3. The molecule has 1 atom stereocenters.